The minimum absolute atomic E-state index is 0.0721. The van der Waals surface area contributed by atoms with Crippen LogP contribution in [0.4, 0.5) is 14.5 Å². The zero-order chi connectivity index (χ0) is 16.2. The molecule has 114 valence electrons. The van der Waals surface area contributed by atoms with Gasteiger partial charge in [0, 0.05) is 29.3 Å². The normalized spacial score (nSPS) is 11.0. The van der Waals surface area contributed by atoms with Gasteiger partial charge in [0.25, 0.3) is 0 Å². The van der Waals surface area contributed by atoms with Crippen LogP contribution in [-0.2, 0) is 4.79 Å². The molecule has 0 bridgehead atoms. The maximum atomic E-state index is 13.5. The molecule has 3 aromatic rings. The summed E-state index contributed by atoms with van der Waals surface area (Å²) in [7, 11) is 0. The first kappa shape index (κ1) is 14.8. The van der Waals surface area contributed by atoms with Gasteiger partial charge < -0.3 is 5.32 Å². The molecule has 0 aliphatic carbocycles. The predicted octanol–water partition coefficient (Wildman–Crippen LogP) is 4.16. The Labute approximate surface area is 131 Å². The summed E-state index contributed by atoms with van der Waals surface area (Å²) >= 11 is 0. The highest BCUT2D eigenvalue weighted by Crippen LogP contribution is 2.18. The highest BCUT2D eigenvalue weighted by Gasteiger charge is 2.06. The van der Waals surface area contributed by atoms with Crippen LogP contribution in [0.1, 0.15) is 5.56 Å². The third-order valence-corrected chi connectivity index (χ3v) is 3.27. The molecule has 1 amide bonds. The molecule has 2 aromatic carbocycles. The van der Waals surface area contributed by atoms with Gasteiger partial charge in [0.15, 0.2) is 0 Å². The molecule has 0 saturated heterocycles. The fraction of sp³-hybridized carbons (Fsp3) is 0. The molecule has 0 aliphatic rings. The summed E-state index contributed by atoms with van der Waals surface area (Å²) in [6.07, 6.45) is 4.56. The Morgan fingerprint density at radius 1 is 1.09 bits per heavy atom. The standard InChI is InChI=1S/C18H12F2N2O/c19-14-7-8-16(15(20)11-14)22-17(23)9-6-13-4-1-3-12-5-2-10-21-18(12)13/h1-11H,(H,22,23)/b9-6+. The van der Waals surface area contributed by atoms with Crippen LogP contribution in [0.5, 0.6) is 0 Å². The fourth-order valence-electron chi connectivity index (χ4n) is 2.19. The summed E-state index contributed by atoms with van der Waals surface area (Å²) in [6.45, 7) is 0. The molecule has 0 atom stereocenters. The molecule has 1 N–H and O–H groups in total. The Balaban J connectivity index is 1.80. The minimum Gasteiger partial charge on any atom is -0.320 e. The van der Waals surface area contributed by atoms with E-state index in [2.05, 4.69) is 10.3 Å². The molecule has 1 heterocycles. The van der Waals surface area contributed by atoms with Crippen LogP contribution in [-0.4, -0.2) is 10.9 Å². The number of aromatic nitrogens is 1. The van der Waals surface area contributed by atoms with Crippen molar-refractivity contribution >= 4 is 28.6 Å². The molecule has 0 unspecified atom stereocenters. The number of hydrogen-bond donors (Lipinski definition) is 1. The fourth-order valence-corrected chi connectivity index (χ4v) is 2.19. The number of amides is 1. The van der Waals surface area contributed by atoms with Crippen LogP contribution in [0, 0.1) is 11.6 Å². The van der Waals surface area contributed by atoms with Crippen molar-refractivity contribution in [1.29, 1.82) is 0 Å². The van der Waals surface area contributed by atoms with Gasteiger partial charge in [-0.3, -0.25) is 9.78 Å². The van der Waals surface area contributed by atoms with Crippen LogP contribution in [0.15, 0.2) is 60.8 Å². The van der Waals surface area contributed by atoms with Crippen LogP contribution in [0.25, 0.3) is 17.0 Å². The zero-order valence-electron chi connectivity index (χ0n) is 12.0. The Morgan fingerprint density at radius 2 is 1.91 bits per heavy atom. The third-order valence-electron chi connectivity index (χ3n) is 3.27. The van der Waals surface area contributed by atoms with E-state index in [1.165, 1.54) is 12.1 Å². The first-order valence-corrected chi connectivity index (χ1v) is 6.91. The number of fused-ring (bicyclic) bond motifs is 1. The number of carbonyl (C=O) groups excluding carboxylic acids is 1. The Hall–Kier alpha value is -3.08. The number of pyridine rings is 1. The van der Waals surface area contributed by atoms with E-state index in [4.69, 9.17) is 0 Å². The molecular weight excluding hydrogens is 298 g/mol. The van der Waals surface area contributed by atoms with Crippen LogP contribution in [0.2, 0.25) is 0 Å². The van der Waals surface area contributed by atoms with Crippen LogP contribution >= 0.6 is 0 Å². The summed E-state index contributed by atoms with van der Waals surface area (Å²) < 4.78 is 26.3. The number of rotatable bonds is 3. The van der Waals surface area contributed by atoms with Gasteiger partial charge in [0.05, 0.1) is 11.2 Å². The van der Waals surface area contributed by atoms with Crippen molar-refractivity contribution in [2.45, 2.75) is 0 Å². The molecule has 3 rings (SSSR count). The molecular formula is C18H12F2N2O. The second kappa shape index (κ2) is 6.36. The first-order valence-electron chi connectivity index (χ1n) is 6.91. The smallest absolute Gasteiger partial charge is 0.248 e. The summed E-state index contributed by atoms with van der Waals surface area (Å²) in [5.41, 5.74) is 1.47. The Bertz CT molecular complexity index is 901. The molecule has 1 aromatic heterocycles. The van der Waals surface area contributed by atoms with E-state index >= 15 is 0 Å². The first-order chi connectivity index (χ1) is 11.1. The zero-order valence-corrected chi connectivity index (χ0v) is 12.0. The largest absolute Gasteiger partial charge is 0.320 e. The Kier molecular flexibility index (Phi) is 4.10. The lowest BCUT2D eigenvalue weighted by Gasteiger charge is -2.04. The van der Waals surface area contributed by atoms with Gasteiger partial charge in [-0.05, 0) is 24.3 Å². The van der Waals surface area contributed by atoms with Gasteiger partial charge in [0.1, 0.15) is 11.6 Å². The highest BCUT2D eigenvalue weighted by molar-refractivity contribution is 6.03. The summed E-state index contributed by atoms with van der Waals surface area (Å²) in [6, 6.07) is 12.3. The lowest BCUT2D eigenvalue weighted by atomic mass is 10.1. The van der Waals surface area contributed by atoms with Gasteiger partial charge in [-0.25, -0.2) is 8.78 Å². The monoisotopic (exact) mass is 310 g/mol. The lowest BCUT2D eigenvalue weighted by molar-refractivity contribution is -0.111. The van der Waals surface area contributed by atoms with Crippen molar-refractivity contribution in [3.05, 3.63) is 78.0 Å². The molecule has 23 heavy (non-hydrogen) atoms. The van der Waals surface area contributed by atoms with Crippen molar-refractivity contribution in [3.8, 4) is 0 Å². The van der Waals surface area contributed by atoms with Gasteiger partial charge >= 0.3 is 0 Å². The van der Waals surface area contributed by atoms with Crippen LogP contribution < -0.4 is 5.32 Å². The third kappa shape index (κ3) is 3.40. The topological polar surface area (TPSA) is 42.0 Å². The van der Waals surface area contributed by atoms with E-state index in [1.807, 2.05) is 30.3 Å². The Morgan fingerprint density at radius 3 is 2.74 bits per heavy atom. The average Bonchev–Trinajstić information content (AvgIpc) is 2.55. The molecule has 3 nitrogen and oxygen atoms in total. The quantitative estimate of drug-likeness (QED) is 0.738. The summed E-state index contributed by atoms with van der Waals surface area (Å²) in [5.74, 6) is -2.03. The lowest BCUT2D eigenvalue weighted by Crippen LogP contribution is -2.09. The number of nitrogens with zero attached hydrogens (tertiary/aromatic N) is 1. The summed E-state index contributed by atoms with van der Waals surface area (Å²) in [5, 5.41) is 3.33. The maximum Gasteiger partial charge on any atom is 0.248 e. The van der Waals surface area contributed by atoms with Crippen molar-refractivity contribution in [2.75, 3.05) is 5.32 Å². The van der Waals surface area contributed by atoms with Gasteiger partial charge in [-0.2, -0.15) is 0 Å². The predicted molar refractivity (Wildman–Crippen MR) is 85.8 cm³/mol. The van der Waals surface area contributed by atoms with Gasteiger partial charge in [-0.1, -0.05) is 24.3 Å². The summed E-state index contributed by atoms with van der Waals surface area (Å²) in [4.78, 5) is 16.2. The van der Waals surface area contributed by atoms with E-state index < -0.39 is 17.5 Å². The number of anilines is 1. The van der Waals surface area contributed by atoms with Crippen LogP contribution in [0.3, 0.4) is 0 Å². The van der Waals surface area contributed by atoms with E-state index in [0.717, 1.165) is 22.5 Å². The number of nitrogens with one attached hydrogen (secondary N) is 1. The van der Waals surface area contributed by atoms with E-state index in [0.29, 0.717) is 6.07 Å². The van der Waals surface area contributed by atoms with Crippen molar-refractivity contribution in [2.24, 2.45) is 0 Å². The number of hydrogen-bond acceptors (Lipinski definition) is 2. The van der Waals surface area contributed by atoms with E-state index in [-0.39, 0.29) is 5.69 Å². The second-order valence-electron chi connectivity index (χ2n) is 4.87. The minimum atomic E-state index is -0.821. The second-order valence-corrected chi connectivity index (χ2v) is 4.87. The SMILES string of the molecule is O=C(/C=C/c1cccc2cccnc12)Nc1ccc(F)cc1F. The van der Waals surface area contributed by atoms with Crippen molar-refractivity contribution < 1.29 is 13.6 Å². The van der Waals surface area contributed by atoms with E-state index in [9.17, 15) is 13.6 Å². The number of carbonyl (C=O) groups is 1. The molecule has 0 radical (unpaired) electrons. The molecule has 0 aliphatic heterocycles. The van der Waals surface area contributed by atoms with Crippen molar-refractivity contribution in [1.82, 2.24) is 4.98 Å². The van der Waals surface area contributed by atoms with Crippen molar-refractivity contribution in [3.63, 3.8) is 0 Å². The van der Waals surface area contributed by atoms with E-state index in [1.54, 1.807) is 12.3 Å². The molecule has 5 heteroatoms. The average molecular weight is 310 g/mol. The number of halogens is 2. The molecule has 0 spiro atoms. The van der Waals surface area contributed by atoms with Gasteiger partial charge in [-0.15, -0.1) is 0 Å². The number of benzene rings is 2. The highest BCUT2D eigenvalue weighted by atomic mass is 19.1. The number of para-hydroxylation sites is 1. The molecule has 0 saturated carbocycles. The maximum absolute atomic E-state index is 13.5. The van der Waals surface area contributed by atoms with Gasteiger partial charge in [0.2, 0.25) is 5.91 Å². The molecule has 0 fully saturated rings.